The van der Waals surface area contributed by atoms with Gasteiger partial charge in [0.1, 0.15) is 17.3 Å². The maximum Gasteiger partial charge on any atom is 0.262 e. The van der Waals surface area contributed by atoms with Crippen LogP contribution in [0, 0.1) is 6.92 Å². The van der Waals surface area contributed by atoms with E-state index in [9.17, 15) is 4.79 Å². The van der Waals surface area contributed by atoms with Crippen LogP contribution in [0.2, 0.25) is 0 Å². The summed E-state index contributed by atoms with van der Waals surface area (Å²) in [6, 6.07) is 10.7. The van der Waals surface area contributed by atoms with E-state index >= 15 is 0 Å². The van der Waals surface area contributed by atoms with E-state index in [4.69, 9.17) is 9.47 Å². The van der Waals surface area contributed by atoms with E-state index in [0.29, 0.717) is 23.0 Å². The SMILES string of the molecule is COc1cccc(OCC(=O)Nc2ccc3nc(C)nn3c2)c1. The molecule has 0 unspecified atom stereocenters. The van der Waals surface area contributed by atoms with Gasteiger partial charge in [0, 0.05) is 6.07 Å². The molecule has 0 spiro atoms. The molecule has 2 aromatic heterocycles. The fourth-order valence-electron chi connectivity index (χ4n) is 2.11. The largest absolute Gasteiger partial charge is 0.497 e. The van der Waals surface area contributed by atoms with Crippen LogP contribution >= 0.6 is 0 Å². The van der Waals surface area contributed by atoms with Gasteiger partial charge in [-0.25, -0.2) is 9.50 Å². The summed E-state index contributed by atoms with van der Waals surface area (Å²) >= 11 is 0. The number of carbonyl (C=O) groups excluding carboxylic acids is 1. The van der Waals surface area contributed by atoms with Gasteiger partial charge in [-0.1, -0.05) is 6.07 Å². The van der Waals surface area contributed by atoms with Crippen LogP contribution in [0.25, 0.3) is 5.65 Å². The van der Waals surface area contributed by atoms with Crippen molar-refractivity contribution in [2.24, 2.45) is 0 Å². The summed E-state index contributed by atoms with van der Waals surface area (Å²) in [4.78, 5) is 16.2. The summed E-state index contributed by atoms with van der Waals surface area (Å²) in [5.74, 6) is 1.66. The first-order valence-corrected chi connectivity index (χ1v) is 7.04. The number of benzene rings is 1. The molecule has 1 N–H and O–H groups in total. The molecule has 0 radical (unpaired) electrons. The van der Waals surface area contributed by atoms with Crippen molar-refractivity contribution >= 4 is 17.2 Å². The lowest BCUT2D eigenvalue weighted by molar-refractivity contribution is -0.118. The Morgan fingerprint density at radius 2 is 2.09 bits per heavy atom. The average molecular weight is 312 g/mol. The number of anilines is 1. The number of nitrogens with zero attached hydrogens (tertiary/aromatic N) is 3. The number of pyridine rings is 1. The highest BCUT2D eigenvalue weighted by atomic mass is 16.5. The van der Waals surface area contributed by atoms with Crippen molar-refractivity contribution < 1.29 is 14.3 Å². The van der Waals surface area contributed by atoms with Crippen molar-refractivity contribution in [2.75, 3.05) is 19.0 Å². The van der Waals surface area contributed by atoms with E-state index in [1.54, 1.807) is 48.2 Å². The molecule has 7 heteroatoms. The van der Waals surface area contributed by atoms with Crippen molar-refractivity contribution in [3.8, 4) is 11.5 Å². The topological polar surface area (TPSA) is 77.8 Å². The van der Waals surface area contributed by atoms with Gasteiger partial charge in [-0.3, -0.25) is 4.79 Å². The molecule has 0 saturated carbocycles. The molecular formula is C16H16N4O3. The molecule has 1 aromatic carbocycles. The molecule has 0 bridgehead atoms. The minimum atomic E-state index is -0.260. The normalized spacial score (nSPS) is 10.5. The number of carbonyl (C=O) groups is 1. The van der Waals surface area contributed by atoms with Crippen LogP contribution in [0.15, 0.2) is 42.6 Å². The van der Waals surface area contributed by atoms with Gasteiger partial charge in [-0.15, -0.1) is 0 Å². The van der Waals surface area contributed by atoms with Gasteiger partial charge < -0.3 is 14.8 Å². The average Bonchev–Trinajstić information content (AvgIpc) is 2.92. The van der Waals surface area contributed by atoms with Gasteiger partial charge >= 0.3 is 0 Å². The molecule has 23 heavy (non-hydrogen) atoms. The Bertz CT molecular complexity index is 844. The fraction of sp³-hybridized carbons (Fsp3) is 0.188. The molecule has 3 rings (SSSR count). The first-order valence-electron chi connectivity index (χ1n) is 7.04. The van der Waals surface area contributed by atoms with Gasteiger partial charge in [-0.2, -0.15) is 5.10 Å². The minimum Gasteiger partial charge on any atom is -0.497 e. The van der Waals surface area contributed by atoms with Gasteiger partial charge in [-0.05, 0) is 31.2 Å². The zero-order chi connectivity index (χ0) is 16.2. The number of hydrogen-bond donors (Lipinski definition) is 1. The first kappa shape index (κ1) is 14.8. The number of hydrogen-bond acceptors (Lipinski definition) is 5. The highest BCUT2D eigenvalue weighted by Crippen LogP contribution is 2.18. The monoisotopic (exact) mass is 312 g/mol. The Labute approximate surface area is 132 Å². The summed E-state index contributed by atoms with van der Waals surface area (Å²) in [6.07, 6.45) is 1.71. The van der Waals surface area contributed by atoms with E-state index < -0.39 is 0 Å². The number of ether oxygens (including phenoxy) is 2. The van der Waals surface area contributed by atoms with E-state index in [-0.39, 0.29) is 12.5 Å². The van der Waals surface area contributed by atoms with Crippen molar-refractivity contribution in [1.29, 1.82) is 0 Å². The molecule has 0 atom stereocenters. The van der Waals surface area contributed by atoms with Crippen molar-refractivity contribution in [3.63, 3.8) is 0 Å². The molecule has 2 heterocycles. The number of rotatable bonds is 5. The number of methoxy groups -OCH3 is 1. The maximum atomic E-state index is 12.0. The quantitative estimate of drug-likeness (QED) is 0.780. The van der Waals surface area contributed by atoms with Gasteiger partial charge in [0.25, 0.3) is 5.91 Å². The minimum absolute atomic E-state index is 0.0956. The third-order valence-electron chi connectivity index (χ3n) is 3.13. The maximum absolute atomic E-state index is 12.0. The predicted molar refractivity (Wildman–Crippen MR) is 84.8 cm³/mol. The molecule has 1 amide bonds. The van der Waals surface area contributed by atoms with Crippen molar-refractivity contribution in [2.45, 2.75) is 6.92 Å². The molecule has 118 valence electrons. The fourth-order valence-corrected chi connectivity index (χ4v) is 2.11. The lowest BCUT2D eigenvalue weighted by Gasteiger charge is -2.08. The van der Waals surface area contributed by atoms with Crippen molar-refractivity contribution in [3.05, 3.63) is 48.4 Å². The number of amides is 1. The third-order valence-corrected chi connectivity index (χ3v) is 3.13. The number of aromatic nitrogens is 3. The van der Waals surface area contributed by atoms with Crippen LogP contribution in [0.3, 0.4) is 0 Å². The molecule has 0 aliphatic carbocycles. The second-order valence-corrected chi connectivity index (χ2v) is 4.90. The van der Waals surface area contributed by atoms with Crippen LogP contribution in [0.1, 0.15) is 5.82 Å². The second-order valence-electron chi connectivity index (χ2n) is 4.90. The smallest absolute Gasteiger partial charge is 0.262 e. The number of nitrogens with one attached hydrogen (secondary N) is 1. The van der Waals surface area contributed by atoms with E-state index in [2.05, 4.69) is 15.4 Å². The molecular weight excluding hydrogens is 296 g/mol. The number of fused-ring (bicyclic) bond motifs is 1. The molecule has 0 aliphatic heterocycles. The molecule has 0 aliphatic rings. The van der Waals surface area contributed by atoms with E-state index in [1.165, 1.54) is 0 Å². The predicted octanol–water partition coefficient (Wildman–Crippen LogP) is 2.06. The summed E-state index contributed by atoms with van der Waals surface area (Å²) in [5, 5.41) is 6.96. The van der Waals surface area contributed by atoms with E-state index in [1.807, 2.05) is 13.0 Å². The lowest BCUT2D eigenvalue weighted by Crippen LogP contribution is -2.20. The third kappa shape index (κ3) is 3.57. The van der Waals surface area contributed by atoms with Crippen LogP contribution in [0.4, 0.5) is 5.69 Å². The van der Waals surface area contributed by atoms with Crippen LogP contribution in [-0.4, -0.2) is 34.2 Å². The lowest BCUT2D eigenvalue weighted by atomic mass is 10.3. The van der Waals surface area contributed by atoms with Crippen LogP contribution < -0.4 is 14.8 Å². The van der Waals surface area contributed by atoms with Crippen LogP contribution in [-0.2, 0) is 4.79 Å². The zero-order valence-corrected chi connectivity index (χ0v) is 12.8. The molecule has 0 saturated heterocycles. The Hall–Kier alpha value is -3.09. The van der Waals surface area contributed by atoms with Gasteiger partial charge in [0.2, 0.25) is 0 Å². The summed E-state index contributed by atoms with van der Waals surface area (Å²) in [6.45, 7) is 1.72. The highest BCUT2D eigenvalue weighted by Gasteiger charge is 2.06. The number of aryl methyl sites for hydroxylation is 1. The van der Waals surface area contributed by atoms with Gasteiger partial charge in [0.15, 0.2) is 12.3 Å². The second kappa shape index (κ2) is 6.35. The van der Waals surface area contributed by atoms with Gasteiger partial charge in [0.05, 0.1) is 19.0 Å². The summed E-state index contributed by atoms with van der Waals surface area (Å²) < 4.78 is 12.2. The Morgan fingerprint density at radius 3 is 2.91 bits per heavy atom. The molecule has 7 nitrogen and oxygen atoms in total. The summed E-state index contributed by atoms with van der Waals surface area (Å²) in [5.41, 5.74) is 1.36. The molecule has 3 aromatic rings. The zero-order valence-electron chi connectivity index (χ0n) is 12.8. The van der Waals surface area contributed by atoms with Crippen molar-refractivity contribution in [1.82, 2.24) is 14.6 Å². The van der Waals surface area contributed by atoms with E-state index in [0.717, 1.165) is 5.65 Å². The standard InChI is InChI=1S/C16H16N4O3/c1-11-17-15-7-6-12(9-20(15)19-11)18-16(21)10-23-14-5-3-4-13(8-14)22-2/h3-9H,10H2,1-2H3,(H,18,21). The summed E-state index contributed by atoms with van der Waals surface area (Å²) in [7, 11) is 1.58. The highest BCUT2D eigenvalue weighted by molar-refractivity contribution is 5.91. The first-order chi connectivity index (χ1) is 11.1. The molecule has 0 fully saturated rings. The Morgan fingerprint density at radius 1 is 1.26 bits per heavy atom. The Balaban J connectivity index is 1.61. The Kier molecular flexibility index (Phi) is 4.09. The van der Waals surface area contributed by atoms with Crippen LogP contribution in [0.5, 0.6) is 11.5 Å².